The van der Waals surface area contributed by atoms with Gasteiger partial charge in [-0.25, -0.2) is 4.57 Å². The van der Waals surface area contributed by atoms with Crippen molar-refractivity contribution in [1.29, 1.82) is 0 Å². The van der Waals surface area contributed by atoms with Gasteiger partial charge < -0.3 is 47.9 Å². The molecule has 1 amide bonds. The van der Waals surface area contributed by atoms with Gasteiger partial charge in [-0.1, -0.05) is 127 Å². The van der Waals surface area contributed by atoms with Gasteiger partial charge in [0.2, 0.25) is 5.91 Å². The van der Waals surface area contributed by atoms with Crippen molar-refractivity contribution < 1.29 is 79.9 Å². The van der Waals surface area contributed by atoms with E-state index in [0.29, 0.717) is 5.56 Å². The molecule has 2 aliphatic heterocycles. The summed E-state index contributed by atoms with van der Waals surface area (Å²) in [5.74, 6) is -3.04. The molecule has 11 atom stereocenters. The third kappa shape index (κ3) is 16.5. The molecular weight excluding hydrogens is 930 g/mol. The normalized spacial score (nSPS) is 25.1. The minimum absolute atomic E-state index is 0.0437. The van der Waals surface area contributed by atoms with E-state index in [-0.39, 0.29) is 33.0 Å². The maximum absolute atomic E-state index is 15.4. The molecule has 1 unspecified atom stereocenters. The molecule has 2 aliphatic rings. The van der Waals surface area contributed by atoms with E-state index in [9.17, 15) is 19.2 Å². The first-order chi connectivity index (χ1) is 33.8. The highest BCUT2D eigenvalue weighted by molar-refractivity contribution is 7.48. The highest BCUT2D eigenvalue weighted by Crippen LogP contribution is 2.53. The van der Waals surface area contributed by atoms with Crippen molar-refractivity contribution in [2.24, 2.45) is 0 Å². The quantitative estimate of drug-likeness (QED) is 0.0318. The van der Waals surface area contributed by atoms with Crippen LogP contribution in [0.25, 0.3) is 0 Å². The van der Waals surface area contributed by atoms with Crippen molar-refractivity contribution in [3.05, 3.63) is 156 Å². The summed E-state index contributed by atoms with van der Waals surface area (Å²) in [5, 5.41) is 2.61. The molecule has 0 saturated carbocycles. The molecule has 0 aliphatic carbocycles. The summed E-state index contributed by atoms with van der Waals surface area (Å²) < 4.78 is 89.6. The Kier molecular flexibility index (Phi) is 20.8. The Morgan fingerprint density at radius 1 is 0.543 bits per heavy atom. The molecule has 0 aromatic heterocycles. The van der Waals surface area contributed by atoms with E-state index in [1.165, 1.54) is 6.92 Å². The summed E-state index contributed by atoms with van der Waals surface area (Å²) in [4.78, 5) is 49.9. The molecule has 2 saturated heterocycles. The van der Waals surface area contributed by atoms with Crippen LogP contribution in [0.2, 0.25) is 0 Å². The third-order valence-corrected chi connectivity index (χ3v) is 12.1. The van der Waals surface area contributed by atoms with Crippen molar-refractivity contribution in [1.82, 2.24) is 5.32 Å². The number of rotatable bonds is 25. The van der Waals surface area contributed by atoms with Crippen LogP contribution in [0.3, 0.4) is 0 Å². The first-order valence-electron chi connectivity index (χ1n) is 22.7. The predicted molar refractivity (Wildman–Crippen MR) is 250 cm³/mol. The fourth-order valence-electron chi connectivity index (χ4n) is 7.68. The summed E-state index contributed by atoms with van der Waals surface area (Å²) in [7, 11) is -4.97. The summed E-state index contributed by atoms with van der Waals surface area (Å²) in [6, 6.07) is 35.7. The van der Waals surface area contributed by atoms with Gasteiger partial charge >= 0.3 is 25.7 Å². The lowest BCUT2D eigenvalue weighted by atomic mass is 9.96. The first kappa shape index (κ1) is 53.7. The number of hydrogen-bond donors (Lipinski definition) is 1. The molecule has 70 heavy (non-hydrogen) atoms. The Bertz CT molecular complexity index is 2310. The van der Waals surface area contributed by atoms with Crippen LogP contribution in [0.1, 0.15) is 49.9 Å². The number of nitrogens with one attached hydrogen (secondary N) is 1. The summed E-state index contributed by atoms with van der Waals surface area (Å²) >= 11 is 0. The number of carbonyl (C=O) groups is 4. The first-order valence-corrected chi connectivity index (χ1v) is 24.1. The fraction of sp³-hybridized carbons (Fsp3) is 0.412. The number of phosphoric ester groups is 1. The van der Waals surface area contributed by atoms with Crippen LogP contribution in [-0.2, 0) is 106 Å². The zero-order chi connectivity index (χ0) is 49.9. The van der Waals surface area contributed by atoms with Crippen molar-refractivity contribution in [3.63, 3.8) is 0 Å². The van der Waals surface area contributed by atoms with Gasteiger partial charge in [-0.2, -0.15) is 0 Å². The second-order valence-electron chi connectivity index (χ2n) is 16.3. The number of benzene rings is 4. The van der Waals surface area contributed by atoms with Gasteiger partial charge in [0.1, 0.15) is 43.2 Å². The topological polar surface area (TPSA) is 208 Å². The van der Waals surface area contributed by atoms with E-state index in [2.05, 4.69) is 11.9 Å². The zero-order valence-corrected chi connectivity index (χ0v) is 40.3. The van der Waals surface area contributed by atoms with Crippen molar-refractivity contribution >= 4 is 31.6 Å². The van der Waals surface area contributed by atoms with Gasteiger partial charge in [-0.05, 0) is 22.3 Å². The zero-order valence-electron chi connectivity index (χ0n) is 39.4. The molecule has 19 heteroatoms. The number of ether oxygens (including phenoxy) is 9. The predicted octanol–water partition coefficient (Wildman–Crippen LogP) is 6.68. The SMILES string of the molecule is C=CCO[C@H]1O[C@H](COP(=O)(OCc2ccccc2)O[C@H]2O[C@H](COC(C)=O)[C@@H](OC(C)=O)[C@H](OC(C)=O)[C@H]2NC(C)=O)[C@@H](OCc2ccccc2)[C@H](OCc2ccccc2)[C@@H]1OCc1ccccc1. The van der Waals surface area contributed by atoms with E-state index < -0.39 is 106 Å². The second kappa shape index (κ2) is 27.1. The number of esters is 3. The molecule has 1 N–H and O–H groups in total. The van der Waals surface area contributed by atoms with Gasteiger partial charge in [-0.15, -0.1) is 6.58 Å². The molecule has 4 aromatic rings. The van der Waals surface area contributed by atoms with Gasteiger partial charge in [0.15, 0.2) is 24.8 Å². The number of hydrogen-bond acceptors (Lipinski definition) is 17. The number of carbonyl (C=O) groups excluding carboxylic acids is 4. The molecule has 0 bridgehead atoms. The molecule has 4 aromatic carbocycles. The largest absolute Gasteiger partial charge is 0.477 e. The van der Waals surface area contributed by atoms with Crippen LogP contribution >= 0.6 is 7.82 Å². The minimum atomic E-state index is -4.97. The highest BCUT2D eigenvalue weighted by atomic mass is 31.2. The minimum Gasteiger partial charge on any atom is -0.463 e. The van der Waals surface area contributed by atoms with E-state index in [1.807, 2.05) is 91.0 Å². The maximum Gasteiger partial charge on any atom is 0.477 e. The van der Waals surface area contributed by atoms with Gasteiger partial charge in [0.25, 0.3) is 0 Å². The summed E-state index contributed by atoms with van der Waals surface area (Å²) in [5.41, 5.74) is 3.13. The van der Waals surface area contributed by atoms with E-state index in [4.69, 9.17) is 56.2 Å². The van der Waals surface area contributed by atoms with Crippen molar-refractivity contribution in [2.45, 2.75) is 115 Å². The monoisotopic (exact) mass is 989 g/mol. The Labute approximate surface area is 407 Å². The Hall–Kier alpha value is -5.63. The molecule has 2 heterocycles. The van der Waals surface area contributed by atoms with Crippen molar-refractivity contribution in [2.75, 3.05) is 19.8 Å². The second-order valence-corrected chi connectivity index (χ2v) is 17.9. The van der Waals surface area contributed by atoms with E-state index in [1.54, 1.807) is 36.4 Å². The summed E-state index contributed by atoms with van der Waals surface area (Å²) in [6.45, 7) is 7.32. The molecule has 2 fully saturated rings. The lowest BCUT2D eigenvalue weighted by Crippen LogP contribution is -2.66. The molecule has 0 spiro atoms. The van der Waals surface area contributed by atoms with Crippen LogP contribution in [0.4, 0.5) is 0 Å². The molecule has 0 radical (unpaired) electrons. The number of phosphoric acid groups is 1. The molecule has 18 nitrogen and oxygen atoms in total. The van der Waals surface area contributed by atoms with Gasteiger partial charge in [-0.3, -0.25) is 32.7 Å². The third-order valence-electron chi connectivity index (χ3n) is 10.8. The average Bonchev–Trinajstić information content (AvgIpc) is 3.35. The lowest BCUT2D eigenvalue weighted by molar-refractivity contribution is -0.324. The Morgan fingerprint density at radius 2 is 1.00 bits per heavy atom. The van der Waals surface area contributed by atoms with Gasteiger partial charge in [0, 0.05) is 27.7 Å². The van der Waals surface area contributed by atoms with Gasteiger partial charge in [0.05, 0.1) is 39.6 Å². The molecule has 376 valence electrons. The lowest BCUT2D eigenvalue weighted by Gasteiger charge is -2.46. The summed E-state index contributed by atoms with van der Waals surface area (Å²) in [6.07, 6.45) is -9.80. The van der Waals surface area contributed by atoms with E-state index >= 15 is 4.57 Å². The Morgan fingerprint density at radius 3 is 1.49 bits per heavy atom. The van der Waals surface area contributed by atoms with Crippen LogP contribution in [0.15, 0.2) is 134 Å². The molecule has 6 rings (SSSR count). The van der Waals surface area contributed by atoms with Crippen molar-refractivity contribution in [3.8, 4) is 0 Å². The van der Waals surface area contributed by atoms with Crippen LogP contribution in [-0.4, -0.2) is 105 Å². The standard InChI is InChI=1S/C51H60NO17P/c1-6-27-58-51-49(62-30-40-23-15-9-16-24-40)48(61-29-39-21-13-8-14-22-39)45(60-28-38-19-11-7-12-20-38)43(68-51)33-64-70(57,63-31-41-25-17-10-18-26-41)69-50-44(52-34(2)53)47(66-37(5)56)46(65-36(4)55)42(67-50)32-59-35(3)54/h6-26,42-51H,1,27-33H2,2-5H3,(H,52,53)/t42-,43-,44-,45-,46-,47-,48+,49+,50-,51+,70?/m1/s1. The van der Waals surface area contributed by atoms with Crippen LogP contribution < -0.4 is 5.32 Å². The fourth-order valence-corrected chi connectivity index (χ4v) is 8.94. The maximum atomic E-state index is 15.4. The average molecular weight is 990 g/mol. The molecular formula is C51H60NO17P. The number of amides is 1. The smallest absolute Gasteiger partial charge is 0.463 e. The highest BCUT2D eigenvalue weighted by Gasteiger charge is 2.55. The Balaban J connectivity index is 1.39. The van der Waals surface area contributed by atoms with Crippen LogP contribution in [0.5, 0.6) is 0 Å². The van der Waals surface area contributed by atoms with E-state index in [0.717, 1.165) is 37.5 Å². The van der Waals surface area contributed by atoms with Crippen LogP contribution in [0, 0.1) is 0 Å².